The summed E-state index contributed by atoms with van der Waals surface area (Å²) in [6, 6.07) is 13.0. The maximum atomic E-state index is 13.1. The number of nitrogens with zero attached hydrogens (tertiary/aromatic N) is 2. The lowest BCUT2D eigenvalue weighted by molar-refractivity contribution is -0.120. The Morgan fingerprint density at radius 1 is 1.13 bits per heavy atom. The van der Waals surface area contributed by atoms with Crippen LogP contribution in [0.3, 0.4) is 0 Å². The van der Waals surface area contributed by atoms with Gasteiger partial charge in [-0.15, -0.1) is 11.8 Å². The van der Waals surface area contributed by atoms with Crippen LogP contribution < -0.4 is 14.8 Å². The maximum Gasteiger partial charge on any atom is 0.234 e. The van der Waals surface area contributed by atoms with Crippen LogP contribution in [-0.2, 0) is 11.8 Å². The van der Waals surface area contributed by atoms with Gasteiger partial charge in [0.05, 0.1) is 19.5 Å². The second-order valence-electron chi connectivity index (χ2n) is 6.70. The van der Waals surface area contributed by atoms with E-state index in [1.807, 2.05) is 61.1 Å². The van der Waals surface area contributed by atoms with Gasteiger partial charge < -0.3 is 19.4 Å². The molecule has 0 fully saturated rings. The van der Waals surface area contributed by atoms with E-state index in [1.165, 1.54) is 11.8 Å². The van der Waals surface area contributed by atoms with Gasteiger partial charge in [0, 0.05) is 34.9 Å². The lowest BCUT2D eigenvalue weighted by Crippen LogP contribution is -2.36. The third-order valence-corrected chi connectivity index (χ3v) is 6.25. The second-order valence-corrected chi connectivity index (χ2v) is 9.03. The number of rotatable bonds is 8. The van der Waals surface area contributed by atoms with Crippen molar-refractivity contribution in [2.24, 2.45) is 7.05 Å². The molecule has 3 rings (SSSR count). The Balaban J connectivity index is 1.87. The van der Waals surface area contributed by atoms with Crippen molar-refractivity contribution in [2.45, 2.75) is 23.1 Å². The lowest BCUT2D eigenvalue weighted by Gasteiger charge is -2.22. The van der Waals surface area contributed by atoms with Crippen molar-refractivity contribution in [2.75, 3.05) is 14.2 Å². The zero-order valence-electron chi connectivity index (χ0n) is 17.3. The number of amides is 1. The van der Waals surface area contributed by atoms with Gasteiger partial charge in [-0.2, -0.15) is 0 Å². The standard InChI is InChI=1S/C22H24BrN3O3S/c1-14(30-19-7-5-16(23)6-8-19)22(27)25-20(21-24-9-10-26(21)2)15-11-17(28-3)13-18(12-15)29-4/h5-14,20H,1-4H3,(H,25,27). The van der Waals surface area contributed by atoms with E-state index in [2.05, 4.69) is 26.2 Å². The minimum Gasteiger partial charge on any atom is -0.497 e. The minimum atomic E-state index is -0.450. The van der Waals surface area contributed by atoms with E-state index in [0.29, 0.717) is 11.5 Å². The largest absolute Gasteiger partial charge is 0.497 e. The highest BCUT2D eigenvalue weighted by molar-refractivity contribution is 9.10. The molecule has 6 nitrogen and oxygen atoms in total. The van der Waals surface area contributed by atoms with E-state index in [9.17, 15) is 4.79 Å². The Hall–Kier alpha value is -2.45. The summed E-state index contributed by atoms with van der Waals surface area (Å²) in [6.45, 7) is 1.89. The highest BCUT2D eigenvalue weighted by Crippen LogP contribution is 2.31. The SMILES string of the molecule is COc1cc(OC)cc(C(NC(=O)C(C)Sc2ccc(Br)cc2)c2nccn2C)c1. The summed E-state index contributed by atoms with van der Waals surface area (Å²) in [5, 5.41) is 2.86. The molecule has 0 radical (unpaired) electrons. The van der Waals surface area contributed by atoms with Crippen molar-refractivity contribution in [3.05, 3.63) is 70.7 Å². The molecule has 158 valence electrons. The lowest BCUT2D eigenvalue weighted by atomic mass is 10.0. The monoisotopic (exact) mass is 489 g/mol. The van der Waals surface area contributed by atoms with E-state index < -0.39 is 6.04 Å². The average Bonchev–Trinajstić information content (AvgIpc) is 3.18. The second kappa shape index (κ2) is 10.0. The molecule has 3 aromatic rings. The normalized spacial score (nSPS) is 12.8. The number of methoxy groups -OCH3 is 2. The van der Waals surface area contributed by atoms with E-state index in [-0.39, 0.29) is 11.2 Å². The fourth-order valence-corrected chi connectivity index (χ4v) is 4.12. The summed E-state index contributed by atoms with van der Waals surface area (Å²) >= 11 is 4.94. The molecule has 1 aromatic heterocycles. The van der Waals surface area contributed by atoms with E-state index >= 15 is 0 Å². The zero-order valence-corrected chi connectivity index (χ0v) is 19.7. The molecule has 1 heterocycles. The number of imidazole rings is 1. The molecular weight excluding hydrogens is 466 g/mol. The van der Waals surface area contributed by atoms with Gasteiger partial charge in [-0.05, 0) is 48.9 Å². The number of carbonyl (C=O) groups excluding carboxylic acids is 1. The van der Waals surface area contributed by atoms with Crippen LogP contribution in [0, 0.1) is 0 Å². The number of carbonyl (C=O) groups is 1. The molecule has 2 atom stereocenters. The minimum absolute atomic E-state index is 0.0855. The molecule has 0 spiro atoms. The van der Waals surface area contributed by atoms with Crippen LogP contribution in [0.4, 0.5) is 0 Å². The first-order valence-electron chi connectivity index (χ1n) is 9.34. The Morgan fingerprint density at radius 3 is 2.30 bits per heavy atom. The van der Waals surface area contributed by atoms with Gasteiger partial charge in [0.1, 0.15) is 23.4 Å². The fraction of sp³-hybridized carbons (Fsp3) is 0.273. The number of ether oxygens (including phenoxy) is 2. The topological polar surface area (TPSA) is 65.4 Å². The smallest absolute Gasteiger partial charge is 0.234 e. The number of aromatic nitrogens is 2. The number of hydrogen-bond acceptors (Lipinski definition) is 5. The average molecular weight is 490 g/mol. The Morgan fingerprint density at radius 2 is 1.77 bits per heavy atom. The molecule has 0 saturated heterocycles. The van der Waals surface area contributed by atoms with Gasteiger partial charge in [-0.1, -0.05) is 15.9 Å². The summed E-state index contributed by atoms with van der Waals surface area (Å²) in [6.07, 6.45) is 3.57. The van der Waals surface area contributed by atoms with Gasteiger partial charge in [0.15, 0.2) is 0 Å². The van der Waals surface area contributed by atoms with E-state index in [0.717, 1.165) is 20.8 Å². The molecule has 30 heavy (non-hydrogen) atoms. The summed E-state index contributed by atoms with van der Waals surface area (Å²) in [4.78, 5) is 18.6. The number of halogens is 1. The number of nitrogens with one attached hydrogen (secondary N) is 1. The number of benzene rings is 2. The third-order valence-electron chi connectivity index (χ3n) is 4.61. The maximum absolute atomic E-state index is 13.1. The number of hydrogen-bond donors (Lipinski definition) is 1. The summed E-state index contributed by atoms with van der Waals surface area (Å²) in [5.41, 5.74) is 0.828. The van der Waals surface area contributed by atoms with Gasteiger partial charge >= 0.3 is 0 Å². The van der Waals surface area contributed by atoms with Crippen molar-refractivity contribution in [3.8, 4) is 11.5 Å². The van der Waals surface area contributed by atoms with Crippen LogP contribution in [-0.4, -0.2) is 34.9 Å². The third kappa shape index (κ3) is 5.37. The zero-order chi connectivity index (χ0) is 21.7. The molecule has 1 amide bonds. The fourth-order valence-electron chi connectivity index (χ4n) is 2.98. The van der Waals surface area contributed by atoms with Crippen LogP contribution in [0.1, 0.15) is 24.4 Å². The molecule has 2 unspecified atom stereocenters. The molecular formula is C22H24BrN3O3S. The van der Waals surface area contributed by atoms with Crippen LogP contribution in [0.2, 0.25) is 0 Å². The van der Waals surface area contributed by atoms with Crippen molar-refractivity contribution in [1.82, 2.24) is 14.9 Å². The number of thioether (sulfide) groups is 1. The van der Waals surface area contributed by atoms with E-state index in [1.54, 1.807) is 26.5 Å². The van der Waals surface area contributed by atoms with Gasteiger partial charge in [-0.3, -0.25) is 4.79 Å². The van der Waals surface area contributed by atoms with Gasteiger partial charge in [-0.25, -0.2) is 4.98 Å². The molecule has 8 heteroatoms. The summed E-state index contributed by atoms with van der Waals surface area (Å²) in [7, 11) is 5.10. The van der Waals surface area contributed by atoms with Crippen molar-refractivity contribution < 1.29 is 14.3 Å². The van der Waals surface area contributed by atoms with Crippen LogP contribution in [0.25, 0.3) is 0 Å². The highest BCUT2D eigenvalue weighted by atomic mass is 79.9. The first-order chi connectivity index (χ1) is 14.4. The Labute approximate surface area is 189 Å². The molecule has 0 aliphatic rings. The molecule has 1 N–H and O–H groups in total. The Bertz CT molecular complexity index is 985. The van der Waals surface area contributed by atoms with Crippen molar-refractivity contribution in [1.29, 1.82) is 0 Å². The molecule has 0 bridgehead atoms. The summed E-state index contributed by atoms with van der Waals surface area (Å²) in [5.74, 6) is 1.93. The van der Waals surface area contributed by atoms with Crippen LogP contribution >= 0.6 is 27.7 Å². The van der Waals surface area contributed by atoms with Gasteiger partial charge in [0.25, 0.3) is 0 Å². The number of aryl methyl sites for hydroxylation is 1. The molecule has 2 aromatic carbocycles. The summed E-state index contributed by atoms with van der Waals surface area (Å²) < 4.78 is 13.7. The quantitative estimate of drug-likeness (QED) is 0.468. The highest BCUT2D eigenvalue weighted by Gasteiger charge is 2.25. The first-order valence-corrected chi connectivity index (χ1v) is 11.0. The molecule has 0 aliphatic heterocycles. The van der Waals surface area contributed by atoms with E-state index in [4.69, 9.17) is 9.47 Å². The van der Waals surface area contributed by atoms with Crippen molar-refractivity contribution in [3.63, 3.8) is 0 Å². The Kier molecular flexibility index (Phi) is 7.44. The van der Waals surface area contributed by atoms with Gasteiger partial charge in [0.2, 0.25) is 5.91 Å². The van der Waals surface area contributed by atoms with Crippen LogP contribution in [0.15, 0.2) is 64.2 Å². The molecule has 0 aliphatic carbocycles. The molecule has 0 saturated carbocycles. The van der Waals surface area contributed by atoms with Crippen molar-refractivity contribution >= 4 is 33.6 Å². The predicted molar refractivity (Wildman–Crippen MR) is 122 cm³/mol. The first kappa shape index (κ1) is 22.2. The predicted octanol–water partition coefficient (Wildman–Crippen LogP) is 4.59. The van der Waals surface area contributed by atoms with Crippen LogP contribution in [0.5, 0.6) is 11.5 Å².